The predicted octanol–water partition coefficient (Wildman–Crippen LogP) is 0.530. The summed E-state index contributed by atoms with van der Waals surface area (Å²) < 4.78 is 9.72. The van der Waals surface area contributed by atoms with Crippen LogP contribution in [0.25, 0.3) is 0 Å². The van der Waals surface area contributed by atoms with Crippen LogP contribution in [0.1, 0.15) is 26.7 Å². The third kappa shape index (κ3) is 3.33. The summed E-state index contributed by atoms with van der Waals surface area (Å²) in [6.45, 7) is 3.78. The molecule has 6 nitrogen and oxygen atoms in total. The zero-order valence-corrected chi connectivity index (χ0v) is 10.4. The Morgan fingerprint density at radius 1 is 1.53 bits per heavy atom. The molecule has 1 N–H and O–H groups in total. The van der Waals surface area contributed by atoms with E-state index >= 15 is 0 Å². The molecule has 0 aromatic rings. The van der Waals surface area contributed by atoms with Gasteiger partial charge >= 0.3 is 12.1 Å². The van der Waals surface area contributed by atoms with Crippen LogP contribution in [0.3, 0.4) is 0 Å². The Kier molecular flexibility index (Phi) is 4.74. The Hall–Kier alpha value is -1.30. The van der Waals surface area contributed by atoms with E-state index in [2.05, 4.69) is 4.74 Å². The first-order chi connectivity index (χ1) is 7.99. The summed E-state index contributed by atoms with van der Waals surface area (Å²) in [4.78, 5) is 24.4. The zero-order valence-electron chi connectivity index (χ0n) is 10.4. The smallest absolute Gasteiger partial charge is 0.410 e. The maximum absolute atomic E-state index is 11.8. The molecule has 17 heavy (non-hydrogen) atoms. The van der Waals surface area contributed by atoms with Crippen molar-refractivity contribution in [3.05, 3.63) is 0 Å². The van der Waals surface area contributed by atoms with E-state index in [4.69, 9.17) is 4.74 Å². The summed E-state index contributed by atoms with van der Waals surface area (Å²) in [6.07, 6.45) is -0.596. The number of carbonyl (C=O) groups excluding carboxylic acids is 2. The van der Waals surface area contributed by atoms with Crippen molar-refractivity contribution in [2.45, 2.75) is 44.9 Å². The molecule has 0 bridgehead atoms. The van der Waals surface area contributed by atoms with E-state index in [9.17, 15) is 14.7 Å². The van der Waals surface area contributed by atoms with Gasteiger partial charge in [-0.15, -0.1) is 0 Å². The number of esters is 1. The molecule has 1 saturated heterocycles. The molecular weight excluding hydrogens is 226 g/mol. The monoisotopic (exact) mass is 245 g/mol. The third-order valence-electron chi connectivity index (χ3n) is 2.86. The standard InChI is InChI=1S/C11H19NO5/c1-4-7(2)17-11(15)12-6-8(13)5-9(12)10(14)16-3/h7-9,13H,4-6H2,1-3H3/t7?,8-,9+/m1/s1. The van der Waals surface area contributed by atoms with Gasteiger partial charge in [0.2, 0.25) is 0 Å². The van der Waals surface area contributed by atoms with Crippen LogP contribution < -0.4 is 0 Å². The number of likely N-dealkylation sites (tertiary alicyclic amines) is 1. The van der Waals surface area contributed by atoms with Gasteiger partial charge in [0.15, 0.2) is 0 Å². The third-order valence-corrected chi connectivity index (χ3v) is 2.86. The molecule has 0 aliphatic carbocycles. The Morgan fingerprint density at radius 3 is 2.71 bits per heavy atom. The fraction of sp³-hybridized carbons (Fsp3) is 0.818. The molecule has 0 spiro atoms. The number of hydrogen-bond acceptors (Lipinski definition) is 5. The number of β-amino-alcohol motifs (C(OH)–C–C–N with tert-alkyl or cyclic N) is 1. The molecule has 0 aromatic heterocycles. The summed E-state index contributed by atoms with van der Waals surface area (Å²) >= 11 is 0. The van der Waals surface area contributed by atoms with Crippen LogP contribution in [0.15, 0.2) is 0 Å². The summed E-state index contributed by atoms with van der Waals surface area (Å²) in [5.74, 6) is -0.525. The summed E-state index contributed by atoms with van der Waals surface area (Å²) in [5.41, 5.74) is 0. The van der Waals surface area contributed by atoms with Gasteiger partial charge in [0, 0.05) is 6.42 Å². The minimum atomic E-state index is -0.744. The van der Waals surface area contributed by atoms with Gasteiger partial charge in [-0.05, 0) is 13.3 Å². The second-order valence-electron chi connectivity index (χ2n) is 4.18. The number of nitrogens with zero attached hydrogens (tertiary/aromatic N) is 1. The van der Waals surface area contributed by atoms with E-state index in [0.717, 1.165) is 0 Å². The van der Waals surface area contributed by atoms with Crippen LogP contribution in [0.5, 0.6) is 0 Å². The highest BCUT2D eigenvalue weighted by Crippen LogP contribution is 2.20. The van der Waals surface area contributed by atoms with Crippen molar-refractivity contribution in [2.75, 3.05) is 13.7 Å². The average molecular weight is 245 g/mol. The van der Waals surface area contributed by atoms with Gasteiger partial charge < -0.3 is 14.6 Å². The SMILES string of the molecule is CCC(C)OC(=O)N1C[C@H](O)C[C@H]1C(=O)OC. The Labute approximate surface area is 100 Å². The molecule has 1 rings (SSSR count). The van der Waals surface area contributed by atoms with Crippen molar-refractivity contribution in [3.8, 4) is 0 Å². The van der Waals surface area contributed by atoms with Crippen LogP contribution in [0.2, 0.25) is 0 Å². The summed E-state index contributed by atoms with van der Waals surface area (Å²) in [6, 6.07) is -0.744. The van der Waals surface area contributed by atoms with Gasteiger partial charge in [0.25, 0.3) is 0 Å². The number of ether oxygens (including phenoxy) is 2. The maximum Gasteiger partial charge on any atom is 0.410 e. The second kappa shape index (κ2) is 5.86. The first-order valence-corrected chi connectivity index (χ1v) is 5.72. The minimum Gasteiger partial charge on any atom is -0.467 e. The number of aliphatic hydroxyl groups excluding tert-OH is 1. The topological polar surface area (TPSA) is 76.1 Å². The van der Waals surface area contributed by atoms with Crippen molar-refractivity contribution >= 4 is 12.1 Å². The van der Waals surface area contributed by atoms with Crippen LogP contribution in [0.4, 0.5) is 4.79 Å². The molecule has 3 atom stereocenters. The quantitative estimate of drug-likeness (QED) is 0.734. The predicted molar refractivity (Wildman–Crippen MR) is 59.4 cm³/mol. The van der Waals surface area contributed by atoms with E-state index in [1.54, 1.807) is 6.92 Å². The molecular formula is C11H19NO5. The Bertz CT molecular complexity index is 294. The molecule has 1 unspecified atom stereocenters. The molecule has 1 amide bonds. The molecule has 6 heteroatoms. The Balaban J connectivity index is 2.66. The first kappa shape index (κ1) is 13.8. The molecule has 0 radical (unpaired) electrons. The first-order valence-electron chi connectivity index (χ1n) is 5.72. The number of amides is 1. The summed E-state index contributed by atoms with van der Waals surface area (Å²) in [7, 11) is 1.26. The van der Waals surface area contributed by atoms with Crippen LogP contribution in [0, 0.1) is 0 Å². The van der Waals surface area contributed by atoms with Crippen molar-refractivity contribution in [1.29, 1.82) is 0 Å². The lowest BCUT2D eigenvalue weighted by atomic mass is 10.2. The molecule has 1 heterocycles. The van der Waals surface area contributed by atoms with Gasteiger partial charge in [0.05, 0.1) is 19.8 Å². The van der Waals surface area contributed by atoms with Crippen molar-refractivity contribution in [2.24, 2.45) is 0 Å². The van der Waals surface area contributed by atoms with Crippen molar-refractivity contribution < 1.29 is 24.2 Å². The molecule has 1 aliphatic rings. The molecule has 1 aliphatic heterocycles. The van der Waals surface area contributed by atoms with Gasteiger partial charge in [-0.2, -0.15) is 0 Å². The summed E-state index contributed by atoms with van der Waals surface area (Å²) in [5, 5.41) is 9.50. The molecule has 0 saturated carbocycles. The molecule has 0 aromatic carbocycles. The number of carbonyl (C=O) groups is 2. The van der Waals surface area contributed by atoms with Crippen molar-refractivity contribution in [1.82, 2.24) is 4.90 Å². The van der Waals surface area contributed by atoms with Crippen LogP contribution >= 0.6 is 0 Å². The van der Waals surface area contributed by atoms with Gasteiger partial charge in [0.1, 0.15) is 12.1 Å². The number of methoxy groups -OCH3 is 1. The Morgan fingerprint density at radius 2 is 2.18 bits per heavy atom. The highest BCUT2D eigenvalue weighted by atomic mass is 16.6. The van der Waals surface area contributed by atoms with E-state index in [-0.39, 0.29) is 19.1 Å². The van der Waals surface area contributed by atoms with E-state index in [1.165, 1.54) is 12.0 Å². The largest absolute Gasteiger partial charge is 0.467 e. The molecule has 98 valence electrons. The molecule has 1 fully saturated rings. The average Bonchev–Trinajstić information content (AvgIpc) is 2.70. The lowest BCUT2D eigenvalue weighted by molar-refractivity contribution is -0.145. The van der Waals surface area contributed by atoms with Crippen LogP contribution in [-0.2, 0) is 14.3 Å². The number of rotatable bonds is 3. The fourth-order valence-corrected chi connectivity index (χ4v) is 1.70. The van der Waals surface area contributed by atoms with E-state index < -0.39 is 24.2 Å². The maximum atomic E-state index is 11.8. The lowest BCUT2D eigenvalue weighted by Crippen LogP contribution is -2.42. The van der Waals surface area contributed by atoms with E-state index in [1.807, 2.05) is 6.92 Å². The lowest BCUT2D eigenvalue weighted by Gasteiger charge is -2.23. The zero-order chi connectivity index (χ0) is 13.0. The fourth-order valence-electron chi connectivity index (χ4n) is 1.70. The number of hydrogen-bond donors (Lipinski definition) is 1. The van der Waals surface area contributed by atoms with Crippen molar-refractivity contribution in [3.63, 3.8) is 0 Å². The van der Waals surface area contributed by atoms with Crippen LogP contribution in [-0.4, -0.2) is 54.0 Å². The van der Waals surface area contributed by atoms with Gasteiger partial charge in [-0.25, -0.2) is 9.59 Å². The minimum absolute atomic E-state index is 0.106. The second-order valence-corrected chi connectivity index (χ2v) is 4.18. The van der Waals surface area contributed by atoms with E-state index in [0.29, 0.717) is 6.42 Å². The highest BCUT2D eigenvalue weighted by Gasteiger charge is 2.40. The normalized spacial score (nSPS) is 25.5. The highest BCUT2D eigenvalue weighted by molar-refractivity contribution is 5.82. The van der Waals surface area contributed by atoms with Gasteiger partial charge in [-0.3, -0.25) is 4.90 Å². The number of aliphatic hydroxyl groups is 1. The van der Waals surface area contributed by atoms with Gasteiger partial charge in [-0.1, -0.05) is 6.92 Å².